The Bertz CT molecular complexity index is 694. The lowest BCUT2D eigenvalue weighted by Gasteiger charge is -2.42. The summed E-state index contributed by atoms with van der Waals surface area (Å²) in [7, 11) is 0. The molecule has 0 aromatic carbocycles. The van der Waals surface area contributed by atoms with Crippen molar-refractivity contribution in [3.8, 4) is 0 Å². The van der Waals surface area contributed by atoms with E-state index in [1.807, 2.05) is 18.0 Å². The molecule has 1 aromatic rings. The van der Waals surface area contributed by atoms with Crippen LogP contribution < -0.4 is 0 Å². The number of aromatic nitrogens is 2. The summed E-state index contributed by atoms with van der Waals surface area (Å²) in [6, 6.07) is 0.456. The zero-order valence-electron chi connectivity index (χ0n) is 16.5. The number of hydrogen-bond acceptors (Lipinski definition) is 3. The zero-order chi connectivity index (χ0) is 18.9. The van der Waals surface area contributed by atoms with Crippen LogP contribution in [0, 0.1) is 12.3 Å². The van der Waals surface area contributed by atoms with Crippen molar-refractivity contribution in [1.82, 2.24) is 19.4 Å². The number of amides is 2. The van der Waals surface area contributed by atoms with E-state index in [0.29, 0.717) is 24.9 Å². The fraction of sp³-hybridized carbons (Fsp3) is 0.762. The summed E-state index contributed by atoms with van der Waals surface area (Å²) in [5, 5.41) is 0. The highest BCUT2D eigenvalue weighted by molar-refractivity contribution is 5.86. The molecule has 1 aliphatic carbocycles. The lowest BCUT2D eigenvalue weighted by Crippen LogP contribution is -2.53. The van der Waals surface area contributed by atoms with Gasteiger partial charge in [-0.05, 0) is 45.4 Å². The molecule has 6 nitrogen and oxygen atoms in total. The standard InChI is InChI=1S/C21H32N4O2/c1-17-22-11-15-23(17)12-4-8-19(26)24-14-10-21(16-24)9-5-13-25(20(21)27)18-6-2-3-7-18/h11,15,18H,2-10,12-14,16H2,1H3. The van der Waals surface area contributed by atoms with Gasteiger partial charge in [-0.1, -0.05) is 12.8 Å². The van der Waals surface area contributed by atoms with E-state index in [0.717, 1.165) is 64.0 Å². The maximum Gasteiger partial charge on any atom is 0.230 e. The van der Waals surface area contributed by atoms with E-state index < -0.39 is 0 Å². The Morgan fingerprint density at radius 3 is 2.78 bits per heavy atom. The molecule has 1 unspecified atom stereocenters. The molecule has 148 valence electrons. The van der Waals surface area contributed by atoms with Crippen LogP contribution >= 0.6 is 0 Å². The lowest BCUT2D eigenvalue weighted by atomic mass is 9.77. The summed E-state index contributed by atoms with van der Waals surface area (Å²) < 4.78 is 2.09. The van der Waals surface area contributed by atoms with Crippen LogP contribution in [-0.2, 0) is 16.1 Å². The van der Waals surface area contributed by atoms with Crippen LogP contribution in [0.3, 0.4) is 0 Å². The van der Waals surface area contributed by atoms with Crippen molar-refractivity contribution in [3.63, 3.8) is 0 Å². The van der Waals surface area contributed by atoms with Crippen molar-refractivity contribution in [1.29, 1.82) is 0 Å². The molecule has 6 heteroatoms. The lowest BCUT2D eigenvalue weighted by molar-refractivity contribution is -0.148. The molecule has 3 aliphatic rings. The Labute approximate surface area is 161 Å². The van der Waals surface area contributed by atoms with E-state index in [1.165, 1.54) is 12.8 Å². The largest absolute Gasteiger partial charge is 0.342 e. The van der Waals surface area contributed by atoms with Gasteiger partial charge in [-0.2, -0.15) is 0 Å². The van der Waals surface area contributed by atoms with Gasteiger partial charge in [0.05, 0.1) is 5.41 Å². The van der Waals surface area contributed by atoms with Gasteiger partial charge in [0.2, 0.25) is 11.8 Å². The number of imidazole rings is 1. The highest BCUT2D eigenvalue weighted by atomic mass is 16.2. The molecule has 3 heterocycles. The number of piperidine rings is 1. The minimum atomic E-state index is -0.294. The monoisotopic (exact) mass is 372 g/mol. The molecule has 27 heavy (non-hydrogen) atoms. The van der Waals surface area contributed by atoms with Crippen LogP contribution in [0.2, 0.25) is 0 Å². The normalized spacial score (nSPS) is 26.5. The first-order valence-corrected chi connectivity index (χ1v) is 10.7. The van der Waals surface area contributed by atoms with E-state index >= 15 is 0 Å². The second kappa shape index (κ2) is 7.64. The molecular weight excluding hydrogens is 340 g/mol. The summed E-state index contributed by atoms with van der Waals surface area (Å²) in [6.45, 7) is 5.11. The Balaban J connectivity index is 1.32. The van der Waals surface area contributed by atoms with Crippen molar-refractivity contribution in [3.05, 3.63) is 18.2 Å². The number of hydrogen-bond donors (Lipinski definition) is 0. The van der Waals surface area contributed by atoms with Crippen LogP contribution in [0.15, 0.2) is 12.4 Å². The highest BCUT2D eigenvalue weighted by Gasteiger charge is 2.50. The molecule has 1 atom stereocenters. The van der Waals surface area contributed by atoms with Gasteiger partial charge >= 0.3 is 0 Å². The predicted octanol–water partition coefficient (Wildman–Crippen LogP) is 2.76. The summed E-state index contributed by atoms with van der Waals surface area (Å²) in [4.78, 5) is 34.3. The number of likely N-dealkylation sites (tertiary alicyclic amines) is 2. The van der Waals surface area contributed by atoms with Gasteiger partial charge in [0.25, 0.3) is 0 Å². The average molecular weight is 373 g/mol. The highest BCUT2D eigenvalue weighted by Crippen LogP contribution is 2.42. The molecular formula is C21H32N4O2. The van der Waals surface area contributed by atoms with E-state index in [2.05, 4.69) is 14.5 Å². The quantitative estimate of drug-likeness (QED) is 0.798. The molecule has 0 radical (unpaired) electrons. The third-order valence-electron chi connectivity index (χ3n) is 6.95. The fourth-order valence-corrected chi connectivity index (χ4v) is 5.33. The molecule has 1 spiro atoms. The van der Waals surface area contributed by atoms with E-state index in [4.69, 9.17) is 0 Å². The molecule has 1 aromatic heterocycles. The van der Waals surface area contributed by atoms with Gasteiger partial charge in [-0.15, -0.1) is 0 Å². The SMILES string of the molecule is Cc1nccn1CCCC(=O)N1CCC2(CCCN(C3CCCC3)C2=O)C1. The molecule has 0 bridgehead atoms. The van der Waals surface area contributed by atoms with E-state index in [-0.39, 0.29) is 11.3 Å². The number of nitrogens with zero attached hydrogens (tertiary/aromatic N) is 4. The van der Waals surface area contributed by atoms with Crippen molar-refractivity contribution >= 4 is 11.8 Å². The fourth-order valence-electron chi connectivity index (χ4n) is 5.33. The molecule has 4 rings (SSSR count). The predicted molar refractivity (Wildman–Crippen MR) is 103 cm³/mol. The topological polar surface area (TPSA) is 58.4 Å². The first kappa shape index (κ1) is 18.5. The summed E-state index contributed by atoms with van der Waals surface area (Å²) in [6.07, 6.45) is 12.9. The molecule has 2 aliphatic heterocycles. The van der Waals surface area contributed by atoms with E-state index in [1.54, 1.807) is 6.20 Å². The van der Waals surface area contributed by atoms with Crippen molar-refractivity contribution in [2.24, 2.45) is 5.41 Å². The maximum absolute atomic E-state index is 13.3. The van der Waals surface area contributed by atoms with Crippen LogP contribution in [0.1, 0.15) is 63.6 Å². The smallest absolute Gasteiger partial charge is 0.230 e. The van der Waals surface area contributed by atoms with Gasteiger partial charge < -0.3 is 14.4 Å². The van der Waals surface area contributed by atoms with Crippen LogP contribution in [0.4, 0.5) is 0 Å². The first-order valence-electron chi connectivity index (χ1n) is 10.7. The summed E-state index contributed by atoms with van der Waals surface area (Å²) in [5.74, 6) is 1.53. The Kier molecular flexibility index (Phi) is 5.24. The summed E-state index contributed by atoms with van der Waals surface area (Å²) >= 11 is 0. The number of carbonyl (C=O) groups excluding carboxylic acids is 2. The third kappa shape index (κ3) is 3.63. The molecule has 3 fully saturated rings. The molecule has 2 amide bonds. The van der Waals surface area contributed by atoms with Gasteiger partial charge in [-0.25, -0.2) is 4.98 Å². The zero-order valence-corrected chi connectivity index (χ0v) is 16.5. The van der Waals surface area contributed by atoms with Gasteiger partial charge in [0.1, 0.15) is 5.82 Å². The Hall–Kier alpha value is -1.85. The first-order chi connectivity index (χ1) is 13.1. The molecule has 1 saturated carbocycles. The van der Waals surface area contributed by atoms with Crippen molar-refractivity contribution < 1.29 is 9.59 Å². The minimum Gasteiger partial charge on any atom is -0.342 e. The van der Waals surface area contributed by atoms with Gasteiger partial charge in [0, 0.05) is 51.0 Å². The number of rotatable bonds is 5. The number of aryl methyl sites for hydroxylation is 2. The second-order valence-corrected chi connectivity index (χ2v) is 8.66. The maximum atomic E-state index is 13.3. The van der Waals surface area contributed by atoms with Crippen molar-refractivity contribution in [2.75, 3.05) is 19.6 Å². The van der Waals surface area contributed by atoms with Crippen molar-refractivity contribution in [2.45, 2.75) is 77.3 Å². The average Bonchev–Trinajstić information content (AvgIpc) is 3.40. The van der Waals surface area contributed by atoms with E-state index in [9.17, 15) is 9.59 Å². The molecule has 2 saturated heterocycles. The number of carbonyl (C=O) groups is 2. The van der Waals surface area contributed by atoms with Gasteiger partial charge in [-0.3, -0.25) is 9.59 Å². The second-order valence-electron chi connectivity index (χ2n) is 8.66. The summed E-state index contributed by atoms with van der Waals surface area (Å²) in [5.41, 5.74) is -0.294. The third-order valence-corrected chi connectivity index (χ3v) is 6.95. The van der Waals surface area contributed by atoms with Crippen LogP contribution in [0.5, 0.6) is 0 Å². The van der Waals surface area contributed by atoms with Crippen LogP contribution in [0.25, 0.3) is 0 Å². The minimum absolute atomic E-state index is 0.204. The Morgan fingerprint density at radius 1 is 1.22 bits per heavy atom. The Morgan fingerprint density at radius 2 is 2.04 bits per heavy atom. The van der Waals surface area contributed by atoms with Crippen LogP contribution in [-0.4, -0.2) is 56.8 Å². The van der Waals surface area contributed by atoms with Gasteiger partial charge in [0.15, 0.2) is 0 Å². The molecule has 0 N–H and O–H groups in total.